The lowest BCUT2D eigenvalue weighted by Crippen LogP contribution is -2.58. The Bertz CT molecular complexity index is 623. The van der Waals surface area contributed by atoms with E-state index in [9.17, 15) is 9.59 Å². The van der Waals surface area contributed by atoms with Crippen molar-refractivity contribution in [2.24, 2.45) is 34.5 Å². The fourth-order valence-electron chi connectivity index (χ4n) is 7.42. The van der Waals surface area contributed by atoms with E-state index in [1.807, 2.05) is 0 Å². The largest absolute Gasteiger partial charge is 0.415 e. The van der Waals surface area contributed by atoms with Gasteiger partial charge < -0.3 is 4.43 Å². The summed E-state index contributed by atoms with van der Waals surface area (Å²) in [5.74, 6) is 2.46. The van der Waals surface area contributed by atoms with E-state index in [1.165, 1.54) is 6.42 Å². The Morgan fingerprint density at radius 3 is 2.46 bits per heavy atom. The van der Waals surface area contributed by atoms with Crippen molar-refractivity contribution in [1.82, 2.24) is 0 Å². The van der Waals surface area contributed by atoms with Crippen molar-refractivity contribution in [2.75, 3.05) is 0 Å². The van der Waals surface area contributed by atoms with Crippen molar-refractivity contribution in [3.63, 3.8) is 0 Å². The van der Waals surface area contributed by atoms with E-state index in [2.05, 4.69) is 33.5 Å². The van der Waals surface area contributed by atoms with Gasteiger partial charge in [-0.05, 0) is 81.3 Å². The van der Waals surface area contributed by atoms with Crippen molar-refractivity contribution in [3.8, 4) is 0 Å². The molecule has 0 radical (unpaired) electrons. The van der Waals surface area contributed by atoms with Crippen LogP contribution in [0.1, 0.15) is 65.2 Å². The summed E-state index contributed by atoms with van der Waals surface area (Å²) in [6.45, 7) is 11.3. The van der Waals surface area contributed by atoms with Crippen LogP contribution in [0.25, 0.3) is 0 Å². The highest BCUT2D eigenvalue weighted by Gasteiger charge is 2.63. The summed E-state index contributed by atoms with van der Waals surface area (Å²) in [5.41, 5.74) is -0.216. The summed E-state index contributed by atoms with van der Waals surface area (Å²) < 4.78 is 6.44. The molecule has 0 amide bonds. The molecule has 0 aromatic heterocycles. The Hall–Kier alpha value is -0.483. The van der Waals surface area contributed by atoms with Crippen molar-refractivity contribution in [3.05, 3.63) is 0 Å². The summed E-state index contributed by atoms with van der Waals surface area (Å²) in [7, 11) is -1.51. The molecule has 0 spiro atoms. The van der Waals surface area contributed by atoms with Gasteiger partial charge in [0.25, 0.3) is 0 Å². The molecular formula is C22H36O3Si. The van der Waals surface area contributed by atoms with Crippen LogP contribution in [0, 0.1) is 34.5 Å². The standard InChI is InChI=1S/C22H36O3Si/c1-21-11-10-15(25-26(3,4)5)12-14(21)6-7-16-17-8-9-19(24)22(17,2)13-18(23)20(16)21/h14-17,20H,6-13H2,1-5H3. The van der Waals surface area contributed by atoms with Crippen molar-refractivity contribution in [1.29, 1.82) is 0 Å². The van der Waals surface area contributed by atoms with Crippen LogP contribution in [0.15, 0.2) is 0 Å². The number of rotatable bonds is 2. The first kappa shape index (κ1) is 18.9. The topological polar surface area (TPSA) is 43.4 Å². The smallest absolute Gasteiger partial charge is 0.184 e. The second-order valence-corrected chi connectivity index (χ2v) is 15.6. The van der Waals surface area contributed by atoms with Crippen LogP contribution < -0.4 is 0 Å². The molecule has 26 heavy (non-hydrogen) atoms. The van der Waals surface area contributed by atoms with Crippen LogP contribution in [0.4, 0.5) is 0 Å². The van der Waals surface area contributed by atoms with Gasteiger partial charge in [0.05, 0.1) is 0 Å². The molecule has 0 aromatic carbocycles. The molecule has 0 N–H and O–H groups in total. The lowest BCUT2D eigenvalue weighted by molar-refractivity contribution is -0.162. The first-order valence-electron chi connectivity index (χ1n) is 10.8. The minimum atomic E-state index is -1.51. The van der Waals surface area contributed by atoms with Gasteiger partial charge in [-0.1, -0.05) is 13.8 Å². The van der Waals surface area contributed by atoms with Gasteiger partial charge in [0, 0.05) is 30.3 Å². The molecule has 4 heteroatoms. The zero-order chi connectivity index (χ0) is 18.9. The molecule has 4 aliphatic carbocycles. The summed E-state index contributed by atoms with van der Waals surface area (Å²) in [5, 5.41) is 0. The lowest BCUT2D eigenvalue weighted by Gasteiger charge is -2.59. The van der Waals surface area contributed by atoms with E-state index >= 15 is 0 Å². The number of hydrogen-bond donors (Lipinski definition) is 0. The molecule has 4 rings (SSSR count). The van der Waals surface area contributed by atoms with Crippen LogP contribution in [-0.2, 0) is 14.0 Å². The summed E-state index contributed by atoms with van der Waals surface area (Å²) in [6, 6.07) is 0. The Morgan fingerprint density at radius 1 is 1.04 bits per heavy atom. The number of carbonyl (C=O) groups excluding carboxylic acids is 2. The van der Waals surface area contributed by atoms with Crippen molar-refractivity contribution >= 4 is 19.9 Å². The minimum Gasteiger partial charge on any atom is -0.415 e. The third-order valence-corrected chi connectivity index (χ3v) is 9.58. The number of carbonyl (C=O) groups is 2. The predicted molar refractivity (Wildman–Crippen MR) is 105 cm³/mol. The van der Waals surface area contributed by atoms with Gasteiger partial charge in [-0.2, -0.15) is 0 Å². The van der Waals surface area contributed by atoms with E-state index in [0.29, 0.717) is 48.3 Å². The van der Waals surface area contributed by atoms with Gasteiger partial charge >= 0.3 is 0 Å². The van der Waals surface area contributed by atoms with Gasteiger partial charge in [-0.25, -0.2) is 0 Å². The van der Waals surface area contributed by atoms with Crippen LogP contribution in [0.2, 0.25) is 19.6 Å². The van der Waals surface area contributed by atoms with E-state index in [0.717, 1.165) is 32.1 Å². The number of hydrogen-bond acceptors (Lipinski definition) is 3. The molecular weight excluding hydrogens is 340 g/mol. The number of ketones is 2. The van der Waals surface area contributed by atoms with Crippen molar-refractivity contribution < 1.29 is 14.0 Å². The lowest BCUT2D eigenvalue weighted by atomic mass is 9.45. The minimum absolute atomic E-state index is 0.131. The quantitative estimate of drug-likeness (QED) is 0.637. The Kier molecular flexibility index (Phi) is 4.36. The van der Waals surface area contributed by atoms with Gasteiger partial charge in [-0.3, -0.25) is 9.59 Å². The molecule has 0 bridgehead atoms. The molecule has 0 saturated heterocycles. The number of Topliss-reactive ketones (excluding diaryl/α,β-unsaturated/α-hetero) is 2. The van der Waals surface area contributed by atoms with Crippen LogP contribution >= 0.6 is 0 Å². The first-order valence-corrected chi connectivity index (χ1v) is 14.2. The zero-order valence-corrected chi connectivity index (χ0v) is 18.3. The maximum absolute atomic E-state index is 13.3. The van der Waals surface area contributed by atoms with Gasteiger partial charge in [-0.15, -0.1) is 0 Å². The molecule has 7 atom stereocenters. The van der Waals surface area contributed by atoms with Gasteiger partial charge in [0.2, 0.25) is 0 Å². The maximum atomic E-state index is 13.3. The molecule has 146 valence electrons. The molecule has 3 nitrogen and oxygen atoms in total. The van der Waals surface area contributed by atoms with Crippen LogP contribution in [0.5, 0.6) is 0 Å². The van der Waals surface area contributed by atoms with Gasteiger partial charge in [0.1, 0.15) is 11.6 Å². The van der Waals surface area contributed by atoms with Crippen LogP contribution in [0.3, 0.4) is 0 Å². The van der Waals surface area contributed by atoms with E-state index in [1.54, 1.807) is 0 Å². The summed E-state index contributed by atoms with van der Waals surface area (Å²) in [4.78, 5) is 25.8. The Morgan fingerprint density at radius 2 is 1.77 bits per heavy atom. The van der Waals surface area contributed by atoms with E-state index < -0.39 is 8.32 Å². The summed E-state index contributed by atoms with van der Waals surface area (Å²) in [6.07, 6.45) is 8.35. The molecule has 7 unspecified atom stereocenters. The Balaban J connectivity index is 1.58. The highest BCUT2D eigenvalue weighted by Crippen LogP contribution is 2.64. The molecule has 0 aromatic rings. The Labute approximate surface area is 159 Å². The van der Waals surface area contributed by atoms with Crippen LogP contribution in [-0.4, -0.2) is 26.0 Å². The molecule has 4 saturated carbocycles. The molecule has 0 heterocycles. The van der Waals surface area contributed by atoms with E-state index in [-0.39, 0.29) is 16.7 Å². The monoisotopic (exact) mass is 376 g/mol. The highest BCUT2D eigenvalue weighted by atomic mass is 28.4. The fraction of sp³-hybridized carbons (Fsp3) is 0.909. The van der Waals surface area contributed by atoms with Gasteiger partial charge in [0.15, 0.2) is 8.32 Å². The molecule has 4 aliphatic rings. The first-order chi connectivity index (χ1) is 12.0. The molecule has 4 fully saturated rings. The average Bonchev–Trinajstić information content (AvgIpc) is 2.81. The second kappa shape index (κ2) is 6.01. The third kappa shape index (κ3) is 2.78. The third-order valence-electron chi connectivity index (χ3n) is 8.54. The SMILES string of the molecule is CC12CC(=O)C3C(CCC4CC(O[Si](C)(C)C)CCC43C)C1CCC2=O. The molecule has 0 aliphatic heterocycles. The number of fused-ring (bicyclic) bond motifs is 5. The zero-order valence-electron chi connectivity index (χ0n) is 17.3. The maximum Gasteiger partial charge on any atom is 0.184 e. The van der Waals surface area contributed by atoms with Crippen molar-refractivity contribution in [2.45, 2.75) is 91.0 Å². The average molecular weight is 377 g/mol. The van der Waals surface area contributed by atoms with E-state index in [4.69, 9.17) is 4.43 Å². The summed E-state index contributed by atoms with van der Waals surface area (Å²) >= 11 is 0. The second-order valence-electron chi connectivity index (χ2n) is 11.2. The predicted octanol–water partition coefficient (Wildman–Crippen LogP) is 5.00. The normalized spacial score (nSPS) is 48.7. The highest BCUT2D eigenvalue weighted by molar-refractivity contribution is 6.69. The fourth-order valence-corrected chi connectivity index (χ4v) is 8.63.